The molecule has 0 unspecified atom stereocenters. The van der Waals surface area contributed by atoms with E-state index in [1.54, 1.807) is 21.6 Å². The van der Waals surface area contributed by atoms with Gasteiger partial charge in [-0.15, -0.1) is 0 Å². The lowest BCUT2D eigenvalue weighted by molar-refractivity contribution is -0.144. The number of rotatable bonds is 26. The van der Waals surface area contributed by atoms with Gasteiger partial charge in [-0.1, -0.05) is 98.6 Å². The molecule has 6 nitrogen and oxygen atoms in total. The van der Waals surface area contributed by atoms with E-state index in [1.807, 2.05) is 35.7 Å². The van der Waals surface area contributed by atoms with Gasteiger partial charge in [0.05, 0.1) is 12.8 Å². The number of hydrogen-bond acceptors (Lipinski definition) is 10. The SMILES string of the molecule is CC(C)CC(C)(C)CSSCCOC(=O)CCN(C)CCCN(C)CCC(=O)OCCSSCC(C)(C)CC(C)C. The minimum atomic E-state index is -0.120. The van der Waals surface area contributed by atoms with Crippen molar-refractivity contribution in [3.63, 3.8) is 0 Å². The number of carbonyl (C=O) groups excluding carboxylic acids is 2. The second-order valence-corrected chi connectivity index (χ2v) is 18.8. The van der Waals surface area contributed by atoms with Gasteiger partial charge < -0.3 is 19.3 Å². The van der Waals surface area contributed by atoms with Crippen molar-refractivity contribution < 1.29 is 19.1 Å². The lowest BCUT2D eigenvalue weighted by atomic mass is 9.86. The van der Waals surface area contributed by atoms with Crippen LogP contribution in [0.25, 0.3) is 0 Å². The first-order valence-electron chi connectivity index (χ1n) is 15.3. The van der Waals surface area contributed by atoms with Crippen molar-refractivity contribution in [2.45, 2.75) is 87.5 Å². The van der Waals surface area contributed by atoms with Gasteiger partial charge in [0.15, 0.2) is 0 Å². The minimum Gasteiger partial charge on any atom is -0.465 e. The van der Waals surface area contributed by atoms with Crippen LogP contribution in [0.4, 0.5) is 0 Å². The molecule has 0 aliphatic carbocycles. The highest BCUT2D eigenvalue weighted by molar-refractivity contribution is 8.77. The molecule has 0 saturated carbocycles. The number of nitrogens with zero attached hydrogens (tertiary/aromatic N) is 2. The molecule has 0 aromatic rings. The molecule has 0 aliphatic heterocycles. The monoisotopic (exact) mass is 654 g/mol. The van der Waals surface area contributed by atoms with Gasteiger partial charge in [-0.2, -0.15) is 0 Å². The average Bonchev–Trinajstić information content (AvgIpc) is 2.84. The molecule has 0 aromatic carbocycles. The Morgan fingerprint density at radius 2 is 1.00 bits per heavy atom. The van der Waals surface area contributed by atoms with Crippen LogP contribution < -0.4 is 0 Å². The summed E-state index contributed by atoms with van der Waals surface area (Å²) in [6, 6.07) is 0. The summed E-state index contributed by atoms with van der Waals surface area (Å²) < 4.78 is 10.8. The number of hydrogen-bond donors (Lipinski definition) is 0. The molecule has 0 N–H and O–H groups in total. The Morgan fingerprint density at radius 1 is 0.634 bits per heavy atom. The lowest BCUT2D eigenvalue weighted by Crippen LogP contribution is -2.29. The molecule has 0 fully saturated rings. The van der Waals surface area contributed by atoms with Crippen LogP contribution in [0.3, 0.4) is 0 Å². The number of ether oxygens (including phenoxy) is 2. The summed E-state index contributed by atoms with van der Waals surface area (Å²) >= 11 is 0. The highest BCUT2D eigenvalue weighted by atomic mass is 33.1. The fraction of sp³-hybridized carbons (Fsp3) is 0.935. The van der Waals surface area contributed by atoms with Crippen molar-refractivity contribution >= 4 is 55.1 Å². The van der Waals surface area contributed by atoms with E-state index in [2.05, 4.69) is 65.2 Å². The topological polar surface area (TPSA) is 59.1 Å². The van der Waals surface area contributed by atoms with Gasteiger partial charge in [0, 0.05) is 36.1 Å². The maximum Gasteiger partial charge on any atom is 0.307 e. The van der Waals surface area contributed by atoms with E-state index in [0.29, 0.717) is 61.8 Å². The molecule has 0 radical (unpaired) electrons. The molecule has 0 aliphatic rings. The summed E-state index contributed by atoms with van der Waals surface area (Å²) in [5.74, 6) is 5.08. The highest BCUT2D eigenvalue weighted by Gasteiger charge is 2.20. The van der Waals surface area contributed by atoms with E-state index >= 15 is 0 Å². The van der Waals surface area contributed by atoms with Gasteiger partial charge in [0.25, 0.3) is 0 Å². The van der Waals surface area contributed by atoms with Crippen LogP contribution in [0.5, 0.6) is 0 Å². The van der Waals surface area contributed by atoms with Crippen LogP contribution in [-0.4, -0.2) is 98.2 Å². The third-order valence-corrected chi connectivity index (χ3v) is 11.8. The van der Waals surface area contributed by atoms with Crippen LogP contribution >= 0.6 is 43.2 Å². The van der Waals surface area contributed by atoms with Crippen molar-refractivity contribution in [1.82, 2.24) is 9.80 Å². The molecule has 0 rings (SSSR count). The second kappa shape index (κ2) is 23.6. The summed E-state index contributed by atoms with van der Waals surface area (Å²) in [5.41, 5.74) is 0.688. The molecule has 41 heavy (non-hydrogen) atoms. The van der Waals surface area contributed by atoms with Gasteiger partial charge >= 0.3 is 11.9 Å². The van der Waals surface area contributed by atoms with Crippen molar-refractivity contribution in [2.75, 3.05) is 76.5 Å². The van der Waals surface area contributed by atoms with E-state index in [-0.39, 0.29) is 11.9 Å². The van der Waals surface area contributed by atoms with Gasteiger partial charge in [-0.25, -0.2) is 0 Å². The Morgan fingerprint density at radius 3 is 1.34 bits per heavy atom. The van der Waals surface area contributed by atoms with E-state index in [4.69, 9.17) is 9.47 Å². The maximum absolute atomic E-state index is 12.1. The summed E-state index contributed by atoms with van der Waals surface area (Å²) in [5, 5.41) is 0. The fourth-order valence-corrected chi connectivity index (χ4v) is 9.88. The largest absolute Gasteiger partial charge is 0.465 e. The van der Waals surface area contributed by atoms with Crippen molar-refractivity contribution in [2.24, 2.45) is 22.7 Å². The molecule has 0 saturated heterocycles. The van der Waals surface area contributed by atoms with Crippen LogP contribution in [0.1, 0.15) is 87.5 Å². The van der Waals surface area contributed by atoms with Gasteiger partial charge in [-0.3, -0.25) is 9.59 Å². The molecule has 0 bridgehead atoms. The standard InChI is InChI=1S/C31H62N2O4S4/c1-26(2)22-30(5,6)24-40-38-20-18-36-28(34)12-16-32(9)14-11-15-33(10)17-13-29(35)37-19-21-39-41-25-31(7,8)23-27(3)4/h26-27H,11-25H2,1-10H3. The molecule has 0 amide bonds. The van der Waals surface area contributed by atoms with Crippen LogP contribution in [0.15, 0.2) is 0 Å². The zero-order valence-electron chi connectivity index (χ0n) is 27.9. The minimum absolute atomic E-state index is 0.120. The van der Waals surface area contributed by atoms with Crippen LogP contribution in [0.2, 0.25) is 0 Å². The first-order valence-corrected chi connectivity index (χ1v) is 20.3. The van der Waals surface area contributed by atoms with E-state index in [0.717, 1.165) is 42.5 Å². The number of esters is 2. The quantitative estimate of drug-likeness (QED) is 0.0521. The van der Waals surface area contributed by atoms with Crippen LogP contribution in [0, 0.1) is 22.7 Å². The summed E-state index contributed by atoms with van der Waals surface area (Å²) in [4.78, 5) is 28.5. The molecular formula is C31H62N2O4S4. The molecule has 0 atom stereocenters. The Bertz CT molecular complexity index is 637. The van der Waals surface area contributed by atoms with Gasteiger partial charge in [-0.05, 0) is 69.1 Å². The van der Waals surface area contributed by atoms with E-state index < -0.39 is 0 Å². The zero-order chi connectivity index (χ0) is 31.3. The van der Waals surface area contributed by atoms with Crippen molar-refractivity contribution in [1.29, 1.82) is 0 Å². The molecular weight excluding hydrogens is 593 g/mol. The molecule has 0 aromatic heterocycles. The smallest absolute Gasteiger partial charge is 0.307 e. The second-order valence-electron chi connectivity index (χ2n) is 13.6. The molecule has 10 heteroatoms. The Balaban J connectivity index is 3.73. The molecule has 0 spiro atoms. The third kappa shape index (κ3) is 27.5. The molecule has 244 valence electrons. The van der Waals surface area contributed by atoms with Crippen molar-refractivity contribution in [3.05, 3.63) is 0 Å². The van der Waals surface area contributed by atoms with E-state index in [1.165, 1.54) is 12.8 Å². The van der Waals surface area contributed by atoms with Crippen LogP contribution in [-0.2, 0) is 19.1 Å². The fourth-order valence-electron chi connectivity index (χ4n) is 4.77. The Kier molecular flexibility index (Phi) is 23.8. The first kappa shape index (κ1) is 41.3. The predicted octanol–water partition coefficient (Wildman–Crippen LogP) is 8.01. The third-order valence-electron chi connectivity index (χ3n) is 6.32. The summed E-state index contributed by atoms with van der Waals surface area (Å²) in [6.07, 6.45) is 4.28. The summed E-state index contributed by atoms with van der Waals surface area (Å²) in [7, 11) is 11.4. The highest BCUT2D eigenvalue weighted by Crippen LogP contribution is 2.35. The number of carbonyl (C=O) groups is 2. The maximum atomic E-state index is 12.1. The van der Waals surface area contributed by atoms with E-state index in [9.17, 15) is 9.59 Å². The van der Waals surface area contributed by atoms with Gasteiger partial charge in [0.1, 0.15) is 13.2 Å². The normalized spacial score (nSPS) is 12.6. The Labute approximate surface area is 269 Å². The van der Waals surface area contributed by atoms with Crippen molar-refractivity contribution in [3.8, 4) is 0 Å². The predicted molar refractivity (Wildman–Crippen MR) is 187 cm³/mol. The first-order chi connectivity index (χ1) is 19.1. The summed E-state index contributed by atoms with van der Waals surface area (Å²) in [6.45, 7) is 22.6. The zero-order valence-corrected chi connectivity index (χ0v) is 31.2. The molecule has 0 heterocycles. The average molecular weight is 655 g/mol. The lowest BCUT2D eigenvalue weighted by Gasteiger charge is -2.25. The van der Waals surface area contributed by atoms with Gasteiger partial charge in [0.2, 0.25) is 0 Å². The Hall–Kier alpha value is 0.260.